The molecule has 1 amide bonds. The van der Waals surface area contributed by atoms with Gasteiger partial charge in [0.2, 0.25) is 5.91 Å². The average molecular weight is 248 g/mol. The normalized spacial score (nSPS) is 15.0. The van der Waals surface area contributed by atoms with Gasteiger partial charge in [0.15, 0.2) is 0 Å². The fourth-order valence-electron chi connectivity index (χ4n) is 1.72. The number of hydrogen-bond donors (Lipinski definition) is 2. The Morgan fingerprint density at radius 1 is 1.33 bits per heavy atom. The maximum atomic E-state index is 12.0. The summed E-state index contributed by atoms with van der Waals surface area (Å²) in [5, 5.41) is 2.97. The van der Waals surface area contributed by atoms with E-state index in [2.05, 4.69) is 11.4 Å². The molecule has 0 bridgehead atoms. The zero-order valence-electron chi connectivity index (χ0n) is 11.9. The summed E-state index contributed by atoms with van der Waals surface area (Å²) >= 11 is 0. The van der Waals surface area contributed by atoms with Gasteiger partial charge in [-0.25, -0.2) is 0 Å². The van der Waals surface area contributed by atoms with Gasteiger partial charge in [0.1, 0.15) is 0 Å². The lowest BCUT2D eigenvalue weighted by atomic mass is 9.86. The van der Waals surface area contributed by atoms with Gasteiger partial charge in [0.05, 0.1) is 12.1 Å². The summed E-state index contributed by atoms with van der Waals surface area (Å²) in [6.45, 7) is 9.92. The first-order chi connectivity index (χ1) is 8.21. The van der Waals surface area contributed by atoms with Crippen molar-refractivity contribution in [1.82, 2.24) is 5.32 Å². The second-order valence-electron chi connectivity index (χ2n) is 5.99. The van der Waals surface area contributed by atoms with Crippen molar-refractivity contribution in [3.63, 3.8) is 0 Å². The van der Waals surface area contributed by atoms with Crippen molar-refractivity contribution in [3.8, 4) is 0 Å². The third-order valence-corrected chi connectivity index (χ3v) is 3.12. The van der Waals surface area contributed by atoms with Crippen LogP contribution in [0, 0.1) is 12.3 Å². The van der Waals surface area contributed by atoms with Crippen LogP contribution >= 0.6 is 0 Å². The standard InChI is InChI=1S/C15H24N2O/c1-10-7-6-8-12(9-10)11(2)17-14(18)13(16)15(3,4)5/h6-9,11,13H,16H2,1-5H3,(H,17,18)/t11-,13-/m0/s1. The van der Waals surface area contributed by atoms with E-state index < -0.39 is 6.04 Å². The van der Waals surface area contributed by atoms with Crippen LogP contribution in [0.1, 0.15) is 44.9 Å². The molecule has 1 aromatic carbocycles. The Morgan fingerprint density at radius 2 is 1.94 bits per heavy atom. The molecule has 0 fully saturated rings. The van der Waals surface area contributed by atoms with E-state index in [1.165, 1.54) is 5.56 Å². The van der Waals surface area contributed by atoms with E-state index in [9.17, 15) is 4.79 Å². The highest BCUT2D eigenvalue weighted by Crippen LogP contribution is 2.19. The number of carbonyl (C=O) groups is 1. The first kappa shape index (κ1) is 14.7. The van der Waals surface area contributed by atoms with Crippen molar-refractivity contribution < 1.29 is 4.79 Å². The molecule has 0 heterocycles. The van der Waals surface area contributed by atoms with E-state index in [4.69, 9.17) is 5.73 Å². The smallest absolute Gasteiger partial charge is 0.237 e. The lowest BCUT2D eigenvalue weighted by molar-refractivity contribution is -0.125. The summed E-state index contributed by atoms with van der Waals surface area (Å²) in [4.78, 5) is 12.0. The molecule has 1 rings (SSSR count). The molecule has 0 radical (unpaired) electrons. The van der Waals surface area contributed by atoms with Gasteiger partial charge < -0.3 is 11.1 Å². The molecule has 0 aromatic heterocycles. The van der Waals surface area contributed by atoms with Crippen LogP contribution in [0.15, 0.2) is 24.3 Å². The second kappa shape index (κ2) is 5.53. The van der Waals surface area contributed by atoms with Gasteiger partial charge in [-0.15, -0.1) is 0 Å². The molecule has 0 aliphatic rings. The molecular weight excluding hydrogens is 224 g/mol. The largest absolute Gasteiger partial charge is 0.348 e. The lowest BCUT2D eigenvalue weighted by Crippen LogP contribution is -2.49. The summed E-state index contributed by atoms with van der Waals surface area (Å²) in [5.41, 5.74) is 8.00. The van der Waals surface area contributed by atoms with Gasteiger partial charge >= 0.3 is 0 Å². The fourth-order valence-corrected chi connectivity index (χ4v) is 1.72. The van der Waals surface area contributed by atoms with Gasteiger partial charge in [-0.2, -0.15) is 0 Å². The van der Waals surface area contributed by atoms with Crippen LogP contribution in [0.3, 0.4) is 0 Å². The van der Waals surface area contributed by atoms with Gasteiger partial charge in [-0.3, -0.25) is 4.79 Å². The molecule has 0 unspecified atom stereocenters. The Kier molecular flexibility index (Phi) is 4.52. The van der Waals surface area contributed by atoms with Gasteiger partial charge in [0, 0.05) is 0 Å². The zero-order chi connectivity index (χ0) is 13.9. The molecule has 3 N–H and O–H groups in total. The van der Waals surface area contributed by atoms with Crippen molar-refractivity contribution in [1.29, 1.82) is 0 Å². The maximum absolute atomic E-state index is 12.0. The molecule has 0 aliphatic heterocycles. The number of aryl methyl sites for hydroxylation is 1. The number of benzene rings is 1. The molecule has 100 valence electrons. The Balaban J connectivity index is 2.71. The summed E-state index contributed by atoms with van der Waals surface area (Å²) < 4.78 is 0. The van der Waals surface area contributed by atoms with E-state index in [0.717, 1.165) is 5.56 Å². The Labute approximate surface area is 110 Å². The van der Waals surface area contributed by atoms with E-state index in [-0.39, 0.29) is 17.4 Å². The Hall–Kier alpha value is -1.35. The highest BCUT2D eigenvalue weighted by Gasteiger charge is 2.28. The molecule has 0 saturated heterocycles. The topological polar surface area (TPSA) is 55.1 Å². The first-order valence-corrected chi connectivity index (χ1v) is 6.34. The average Bonchev–Trinajstić information content (AvgIpc) is 2.26. The van der Waals surface area contributed by atoms with E-state index in [0.29, 0.717) is 0 Å². The highest BCUT2D eigenvalue weighted by molar-refractivity contribution is 5.82. The van der Waals surface area contributed by atoms with Crippen LogP contribution in [0.2, 0.25) is 0 Å². The zero-order valence-corrected chi connectivity index (χ0v) is 11.9. The minimum atomic E-state index is -0.496. The second-order valence-corrected chi connectivity index (χ2v) is 5.99. The first-order valence-electron chi connectivity index (χ1n) is 6.34. The van der Waals surface area contributed by atoms with Crippen LogP contribution in [-0.4, -0.2) is 11.9 Å². The molecule has 3 nitrogen and oxygen atoms in total. The lowest BCUT2D eigenvalue weighted by Gasteiger charge is -2.27. The van der Waals surface area contributed by atoms with Crippen molar-refractivity contribution in [2.45, 2.75) is 46.7 Å². The number of hydrogen-bond acceptors (Lipinski definition) is 2. The van der Waals surface area contributed by atoms with Crippen molar-refractivity contribution in [3.05, 3.63) is 35.4 Å². The number of nitrogens with one attached hydrogen (secondary N) is 1. The molecule has 3 heteroatoms. The third kappa shape index (κ3) is 3.84. The van der Waals surface area contributed by atoms with Crippen LogP contribution in [-0.2, 0) is 4.79 Å². The molecule has 1 aromatic rings. The van der Waals surface area contributed by atoms with Gasteiger partial charge in [0.25, 0.3) is 0 Å². The van der Waals surface area contributed by atoms with Crippen molar-refractivity contribution in [2.24, 2.45) is 11.1 Å². The summed E-state index contributed by atoms with van der Waals surface area (Å²) in [6.07, 6.45) is 0. The summed E-state index contributed by atoms with van der Waals surface area (Å²) in [7, 11) is 0. The highest BCUT2D eigenvalue weighted by atomic mass is 16.2. The van der Waals surface area contributed by atoms with Crippen molar-refractivity contribution in [2.75, 3.05) is 0 Å². The van der Waals surface area contributed by atoms with Crippen LogP contribution in [0.25, 0.3) is 0 Å². The fraction of sp³-hybridized carbons (Fsp3) is 0.533. The van der Waals surface area contributed by atoms with Crippen LogP contribution in [0.5, 0.6) is 0 Å². The molecule has 0 aliphatic carbocycles. The molecule has 18 heavy (non-hydrogen) atoms. The van der Waals surface area contributed by atoms with Gasteiger partial charge in [-0.1, -0.05) is 50.6 Å². The molecule has 2 atom stereocenters. The Bertz CT molecular complexity index is 421. The monoisotopic (exact) mass is 248 g/mol. The number of nitrogens with two attached hydrogens (primary N) is 1. The quantitative estimate of drug-likeness (QED) is 0.863. The molecule has 0 spiro atoms. The number of carbonyl (C=O) groups excluding carboxylic acids is 1. The minimum absolute atomic E-state index is 0.0224. The molecular formula is C15H24N2O. The summed E-state index contributed by atoms with van der Waals surface area (Å²) in [6, 6.07) is 7.61. The van der Waals surface area contributed by atoms with E-state index in [1.807, 2.05) is 52.8 Å². The van der Waals surface area contributed by atoms with E-state index >= 15 is 0 Å². The SMILES string of the molecule is Cc1cccc([C@H](C)NC(=O)[C@H](N)C(C)(C)C)c1. The Morgan fingerprint density at radius 3 is 2.44 bits per heavy atom. The van der Waals surface area contributed by atoms with Gasteiger partial charge in [-0.05, 0) is 24.8 Å². The van der Waals surface area contributed by atoms with Crippen LogP contribution < -0.4 is 11.1 Å². The predicted octanol–water partition coefficient (Wildman–Crippen LogP) is 2.55. The minimum Gasteiger partial charge on any atom is -0.348 e. The summed E-state index contributed by atoms with van der Waals surface area (Å²) in [5.74, 6) is -0.100. The van der Waals surface area contributed by atoms with E-state index in [1.54, 1.807) is 0 Å². The maximum Gasteiger partial charge on any atom is 0.237 e. The van der Waals surface area contributed by atoms with Crippen molar-refractivity contribution >= 4 is 5.91 Å². The molecule has 0 saturated carbocycles. The van der Waals surface area contributed by atoms with Crippen LogP contribution in [0.4, 0.5) is 0 Å². The third-order valence-electron chi connectivity index (χ3n) is 3.12. The number of amides is 1. The predicted molar refractivity (Wildman–Crippen MR) is 75.2 cm³/mol. The number of rotatable bonds is 3.